The number of nitrogens with two attached hydrogens (primary N) is 1. The van der Waals surface area contributed by atoms with Crippen molar-refractivity contribution in [2.45, 2.75) is 6.18 Å². The van der Waals surface area contributed by atoms with E-state index >= 15 is 0 Å². The van der Waals surface area contributed by atoms with E-state index in [1.54, 1.807) is 35.0 Å². The maximum Gasteiger partial charge on any atom is 0.471 e. The fourth-order valence-electron chi connectivity index (χ4n) is 1.29. The Kier molecular flexibility index (Phi) is 3.43. The normalized spacial score (nSPS) is 11.3. The Morgan fingerprint density at radius 2 is 1.89 bits per heavy atom. The quantitative estimate of drug-likeness (QED) is 0.834. The molecule has 1 aromatic carbocycles. The summed E-state index contributed by atoms with van der Waals surface area (Å²) in [5.41, 5.74) is 7.28. The first-order valence-corrected chi connectivity index (χ1v) is 5.94. The van der Waals surface area contributed by atoms with Crippen LogP contribution in [0, 0.1) is 0 Å². The van der Waals surface area contributed by atoms with Gasteiger partial charge in [-0.05, 0) is 12.1 Å². The third-order valence-electron chi connectivity index (χ3n) is 2.19. The summed E-state index contributed by atoms with van der Waals surface area (Å²) in [4.78, 5) is 14.6. The van der Waals surface area contributed by atoms with Crippen LogP contribution in [0.25, 0.3) is 11.3 Å². The van der Waals surface area contributed by atoms with E-state index in [1.807, 2.05) is 0 Å². The Hall–Kier alpha value is -2.09. The number of carbonyl (C=O) groups excluding carboxylic acids is 1. The van der Waals surface area contributed by atoms with Crippen molar-refractivity contribution in [1.82, 2.24) is 4.98 Å². The second-order valence-electron chi connectivity index (χ2n) is 3.61. The van der Waals surface area contributed by atoms with E-state index in [0.29, 0.717) is 16.9 Å². The Morgan fingerprint density at radius 1 is 1.26 bits per heavy atom. The molecule has 8 heteroatoms. The average Bonchev–Trinajstić information content (AvgIpc) is 2.77. The summed E-state index contributed by atoms with van der Waals surface area (Å²) in [7, 11) is 0. The minimum atomic E-state index is -4.92. The molecule has 2 aromatic rings. The smallest absolute Gasteiger partial charge is 0.399 e. The number of hydrogen-bond acceptors (Lipinski definition) is 4. The fraction of sp³-hybridized carbons (Fsp3) is 0.0909. The molecule has 0 unspecified atom stereocenters. The Balaban J connectivity index is 2.16. The molecule has 19 heavy (non-hydrogen) atoms. The zero-order valence-corrected chi connectivity index (χ0v) is 10.2. The highest BCUT2D eigenvalue weighted by Gasteiger charge is 2.39. The molecule has 0 atom stereocenters. The van der Waals surface area contributed by atoms with Crippen molar-refractivity contribution in [2.24, 2.45) is 0 Å². The summed E-state index contributed by atoms with van der Waals surface area (Å²) < 4.78 is 36.2. The van der Waals surface area contributed by atoms with Crippen LogP contribution >= 0.6 is 11.3 Å². The molecule has 3 N–H and O–H groups in total. The number of nitrogens with one attached hydrogen (secondary N) is 1. The van der Waals surface area contributed by atoms with E-state index in [1.165, 1.54) is 0 Å². The highest BCUT2D eigenvalue weighted by atomic mass is 32.1. The molecule has 1 aromatic heterocycles. The van der Waals surface area contributed by atoms with Gasteiger partial charge >= 0.3 is 12.1 Å². The number of aromatic nitrogens is 1. The van der Waals surface area contributed by atoms with E-state index in [0.717, 1.165) is 11.3 Å². The van der Waals surface area contributed by atoms with Crippen molar-refractivity contribution < 1.29 is 18.0 Å². The van der Waals surface area contributed by atoms with Crippen LogP contribution in [0.1, 0.15) is 0 Å². The van der Waals surface area contributed by atoms with Gasteiger partial charge in [-0.2, -0.15) is 13.2 Å². The Labute approximate surface area is 110 Å². The number of rotatable bonds is 2. The van der Waals surface area contributed by atoms with Crippen LogP contribution in [-0.4, -0.2) is 17.1 Å². The number of halogens is 3. The SMILES string of the molecule is Nc1ccc(-c2csc(NC(=O)C(F)(F)F)n2)cc1. The summed E-state index contributed by atoms with van der Waals surface area (Å²) in [5, 5.41) is 3.15. The molecule has 0 radical (unpaired) electrons. The van der Waals surface area contributed by atoms with Crippen molar-refractivity contribution in [1.29, 1.82) is 0 Å². The Bertz CT molecular complexity index is 592. The molecule has 0 saturated carbocycles. The number of amides is 1. The molecular formula is C11H8F3N3OS. The maximum atomic E-state index is 12.1. The zero-order valence-electron chi connectivity index (χ0n) is 9.36. The van der Waals surface area contributed by atoms with Crippen molar-refractivity contribution >= 4 is 28.1 Å². The van der Waals surface area contributed by atoms with Gasteiger partial charge in [-0.25, -0.2) is 4.98 Å². The van der Waals surface area contributed by atoms with Crippen LogP contribution in [0.3, 0.4) is 0 Å². The second-order valence-corrected chi connectivity index (χ2v) is 4.47. The topological polar surface area (TPSA) is 68.0 Å². The number of benzene rings is 1. The molecular weight excluding hydrogens is 279 g/mol. The van der Waals surface area contributed by atoms with Crippen LogP contribution in [0.5, 0.6) is 0 Å². The number of carbonyl (C=O) groups is 1. The minimum Gasteiger partial charge on any atom is -0.399 e. The molecule has 0 aliphatic carbocycles. The summed E-state index contributed by atoms with van der Waals surface area (Å²) >= 11 is 0.919. The van der Waals surface area contributed by atoms with Crippen LogP contribution in [-0.2, 0) is 4.79 Å². The van der Waals surface area contributed by atoms with Gasteiger partial charge < -0.3 is 5.73 Å². The molecule has 0 spiro atoms. The van der Waals surface area contributed by atoms with E-state index in [9.17, 15) is 18.0 Å². The van der Waals surface area contributed by atoms with Gasteiger partial charge in [0.15, 0.2) is 5.13 Å². The molecule has 0 bridgehead atoms. The van der Waals surface area contributed by atoms with Gasteiger partial charge in [0.25, 0.3) is 0 Å². The number of thiazole rings is 1. The monoisotopic (exact) mass is 287 g/mol. The van der Waals surface area contributed by atoms with Gasteiger partial charge in [0.2, 0.25) is 0 Å². The lowest BCUT2D eigenvalue weighted by Crippen LogP contribution is -2.29. The van der Waals surface area contributed by atoms with Crippen molar-refractivity contribution in [3.05, 3.63) is 29.6 Å². The lowest BCUT2D eigenvalue weighted by molar-refractivity contribution is -0.167. The molecule has 100 valence electrons. The lowest BCUT2D eigenvalue weighted by Gasteiger charge is -2.04. The van der Waals surface area contributed by atoms with E-state index in [2.05, 4.69) is 4.98 Å². The highest BCUT2D eigenvalue weighted by molar-refractivity contribution is 7.14. The highest BCUT2D eigenvalue weighted by Crippen LogP contribution is 2.26. The molecule has 0 aliphatic heterocycles. The van der Waals surface area contributed by atoms with Gasteiger partial charge in [0, 0.05) is 16.6 Å². The molecule has 0 saturated heterocycles. The number of nitrogen functional groups attached to an aromatic ring is 1. The van der Waals surface area contributed by atoms with Crippen molar-refractivity contribution in [2.75, 3.05) is 11.1 Å². The van der Waals surface area contributed by atoms with Crippen LogP contribution in [0.4, 0.5) is 24.0 Å². The number of anilines is 2. The summed E-state index contributed by atoms with van der Waals surface area (Å²) in [5.74, 6) is -2.04. The van der Waals surface area contributed by atoms with E-state index in [-0.39, 0.29) is 5.13 Å². The van der Waals surface area contributed by atoms with Gasteiger partial charge in [0.05, 0.1) is 5.69 Å². The molecule has 1 heterocycles. The number of hydrogen-bond donors (Lipinski definition) is 2. The van der Waals surface area contributed by atoms with Gasteiger partial charge in [0.1, 0.15) is 0 Å². The lowest BCUT2D eigenvalue weighted by atomic mass is 10.1. The summed E-state index contributed by atoms with van der Waals surface area (Å²) in [6, 6.07) is 6.70. The van der Waals surface area contributed by atoms with E-state index in [4.69, 9.17) is 5.73 Å². The van der Waals surface area contributed by atoms with Crippen molar-refractivity contribution in [3.8, 4) is 11.3 Å². The van der Waals surface area contributed by atoms with Crippen LogP contribution in [0.2, 0.25) is 0 Å². The zero-order chi connectivity index (χ0) is 14.0. The molecule has 2 rings (SSSR count). The third kappa shape index (κ3) is 3.22. The van der Waals surface area contributed by atoms with Crippen LogP contribution < -0.4 is 11.1 Å². The predicted molar refractivity (Wildman–Crippen MR) is 66.6 cm³/mol. The van der Waals surface area contributed by atoms with Gasteiger partial charge in [-0.15, -0.1) is 11.3 Å². The Morgan fingerprint density at radius 3 is 2.47 bits per heavy atom. The average molecular weight is 287 g/mol. The number of alkyl halides is 3. The standard InChI is InChI=1S/C11H8F3N3OS/c12-11(13,14)9(18)17-10-16-8(5-19-10)6-1-3-7(15)4-2-6/h1-5H,15H2,(H,16,17,18). The number of nitrogens with zero attached hydrogens (tertiary/aromatic N) is 1. The van der Waals surface area contributed by atoms with Gasteiger partial charge in [-0.1, -0.05) is 12.1 Å². The first kappa shape index (κ1) is 13.3. The third-order valence-corrected chi connectivity index (χ3v) is 2.95. The van der Waals surface area contributed by atoms with Gasteiger partial charge in [-0.3, -0.25) is 10.1 Å². The minimum absolute atomic E-state index is 0.103. The molecule has 0 fully saturated rings. The first-order valence-electron chi connectivity index (χ1n) is 5.06. The van der Waals surface area contributed by atoms with E-state index < -0.39 is 12.1 Å². The molecule has 0 aliphatic rings. The largest absolute Gasteiger partial charge is 0.471 e. The summed E-state index contributed by atoms with van der Waals surface area (Å²) in [6.45, 7) is 0. The van der Waals surface area contributed by atoms with Crippen molar-refractivity contribution in [3.63, 3.8) is 0 Å². The molecule has 1 amide bonds. The predicted octanol–water partition coefficient (Wildman–Crippen LogP) is 2.89. The maximum absolute atomic E-state index is 12.1. The summed E-state index contributed by atoms with van der Waals surface area (Å²) in [6.07, 6.45) is -4.92. The first-order chi connectivity index (χ1) is 8.86. The fourth-order valence-corrected chi connectivity index (χ4v) is 2.00. The second kappa shape index (κ2) is 4.88. The van der Waals surface area contributed by atoms with Crippen LogP contribution in [0.15, 0.2) is 29.6 Å². The molecule has 4 nitrogen and oxygen atoms in total.